The van der Waals surface area contributed by atoms with Crippen molar-refractivity contribution in [1.29, 1.82) is 5.26 Å². The van der Waals surface area contributed by atoms with E-state index in [1.54, 1.807) is 24.3 Å². The smallest absolute Gasteiger partial charge is 0.307 e. The molecule has 0 unspecified atom stereocenters. The Morgan fingerprint density at radius 1 is 1.19 bits per heavy atom. The molecule has 82 valence electrons. The van der Waals surface area contributed by atoms with Gasteiger partial charge in [-0.3, -0.25) is 10.2 Å². The average Bonchev–Trinajstić information content (AvgIpc) is 2.27. The summed E-state index contributed by atoms with van der Waals surface area (Å²) in [4.78, 5) is 21.7. The maximum Gasteiger partial charge on any atom is 0.337 e. The molecule has 0 bridgehead atoms. The second-order valence-corrected chi connectivity index (χ2v) is 2.95. The molecule has 0 aromatic heterocycles. The van der Waals surface area contributed by atoms with Crippen LogP contribution in [0.3, 0.4) is 0 Å². The molecule has 3 N–H and O–H groups in total. The lowest BCUT2D eigenvalue weighted by atomic mass is 10.2. The molecular weight excluding hydrogens is 208 g/mol. The Bertz CT molecular complexity index is 433. The molecular formula is C10H10N4O2. The van der Waals surface area contributed by atoms with Gasteiger partial charge in [0.25, 0.3) is 0 Å². The summed E-state index contributed by atoms with van der Waals surface area (Å²) in [5.74, 6) is -0.366. The number of nitriles is 1. The number of carbonyl (C=O) groups excluding carboxylic acids is 2. The van der Waals surface area contributed by atoms with Crippen LogP contribution >= 0.6 is 0 Å². The summed E-state index contributed by atoms with van der Waals surface area (Å²) in [5.41, 5.74) is 5.32. The van der Waals surface area contributed by atoms with Crippen LogP contribution in [0.2, 0.25) is 0 Å². The third kappa shape index (κ3) is 3.67. The Morgan fingerprint density at radius 3 is 2.31 bits per heavy atom. The van der Waals surface area contributed by atoms with E-state index in [-0.39, 0.29) is 5.91 Å². The number of anilines is 1. The van der Waals surface area contributed by atoms with Gasteiger partial charge in [-0.2, -0.15) is 5.26 Å². The zero-order valence-corrected chi connectivity index (χ0v) is 8.57. The van der Waals surface area contributed by atoms with Crippen LogP contribution in [-0.4, -0.2) is 11.9 Å². The van der Waals surface area contributed by atoms with Gasteiger partial charge in [0, 0.05) is 12.6 Å². The average molecular weight is 218 g/mol. The summed E-state index contributed by atoms with van der Waals surface area (Å²) >= 11 is 0. The molecule has 6 nitrogen and oxygen atoms in total. The van der Waals surface area contributed by atoms with Gasteiger partial charge < -0.3 is 5.32 Å². The summed E-state index contributed by atoms with van der Waals surface area (Å²) in [6.07, 6.45) is 0. The molecule has 1 rings (SSSR count). The topological polar surface area (TPSA) is 94.0 Å². The fourth-order valence-corrected chi connectivity index (χ4v) is 0.935. The van der Waals surface area contributed by atoms with Crippen molar-refractivity contribution in [3.05, 3.63) is 29.8 Å². The lowest BCUT2D eigenvalue weighted by Gasteiger charge is -2.07. The van der Waals surface area contributed by atoms with Crippen LogP contribution in [0.25, 0.3) is 0 Å². The van der Waals surface area contributed by atoms with Gasteiger partial charge in [0.1, 0.15) is 0 Å². The molecule has 0 saturated heterocycles. The van der Waals surface area contributed by atoms with Crippen molar-refractivity contribution in [2.45, 2.75) is 6.92 Å². The summed E-state index contributed by atoms with van der Waals surface area (Å²) in [5, 5.41) is 11.0. The Hall–Kier alpha value is -2.55. The largest absolute Gasteiger partial charge is 0.337 e. The maximum absolute atomic E-state index is 11.2. The molecule has 0 heterocycles. The Kier molecular flexibility index (Phi) is 3.86. The van der Waals surface area contributed by atoms with Crippen LogP contribution in [0.15, 0.2) is 24.3 Å². The molecule has 1 aromatic rings. The van der Waals surface area contributed by atoms with Gasteiger partial charge in [-0.1, -0.05) is 0 Å². The van der Waals surface area contributed by atoms with Crippen molar-refractivity contribution >= 4 is 17.6 Å². The van der Waals surface area contributed by atoms with Crippen molar-refractivity contribution in [3.8, 4) is 6.07 Å². The van der Waals surface area contributed by atoms with Gasteiger partial charge >= 0.3 is 6.03 Å². The van der Waals surface area contributed by atoms with E-state index in [1.165, 1.54) is 6.92 Å². The van der Waals surface area contributed by atoms with Gasteiger partial charge in [0.2, 0.25) is 5.91 Å². The van der Waals surface area contributed by atoms with E-state index in [0.29, 0.717) is 11.3 Å². The molecule has 0 saturated carbocycles. The van der Waals surface area contributed by atoms with E-state index in [1.807, 2.05) is 6.07 Å². The molecule has 3 amide bonds. The molecule has 0 aliphatic rings. The number of carbonyl (C=O) groups is 2. The predicted molar refractivity (Wildman–Crippen MR) is 57.1 cm³/mol. The van der Waals surface area contributed by atoms with Crippen LogP contribution in [0, 0.1) is 11.3 Å². The molecule has 16 heavy (non-hydrogen) atoms. The van der Waals surface area contributed by atoms with Crippen LogP contribution < -0.4 is 16.2 Å². The molecule has 6 heteroatoms. The van der Waals surface area contributed by atoms with Gasteiger partial charge in [0.15, 0.2) is 0 Å². The molecule has 0 aliphatic carbocycles. The number of amides is 3. The predicted octanol–water partition coefficient (Wildman–Crippen LogP) is 0.731. The number of hydrogen-bond donors (Lipinski definition) is 3. The second-order valence-electron chi connectivity index (χ2n) is 2.95. The first-order valence-corrected chi connectivity index (χ1v) is 4.45. The first-order valence-electron chi connectivity index (χ1n) is 4.45. The number of hydrogen-bond acceptors (Lipinski definition) is 3. The number of hydrazine groups is 1. The van der Waals surface area contributed by atoms with Gasteiger partial charge in [-0.05, 0) is 24.3 Å². The van der Waals surface area contributed by atoms with E-state index in [0.717, 1.165) is 0 Å². The molecule has 1 aromatic carbocycles. The standard InChI is InChI=1S/C10H10N4O2/c1-7(15)13-14-10(16)12-9-4-2-8(6-11)3-5-9/h2-5H,1H3,(H,13,15)(H2,12,14,16). The van der Waals surface area contributed by atoms with Crippen molar-refractivity contribution in [1.82, 2.24) is 10.9 Å². The summed E-state index contributed by atoms with van der Waals surface area (Å²) < 4.78 is 0. The Labute approximate surface area is 92.2 Å². The monoisotopic (exact) mass is 218 g/mol. The number of rotatable bonds is 1. The zero-order valence-electron chi connectivity index (χ0n) is 8.57. The van der Waals surface area contributed by atoms with E-state index < -0.39 is 6.03 Å². The fourth-order valence-electron chi connectivity index (χ4n) is 0.935. The fraction of sp³-hybridized carbons (Fsp3) is 0.100. The summed E-state index contributed by atoms with van der Waals surface area (Å²) in [6.45, 7) is 1.28. The minimum absolute atomic E-state index is 0.366. The minimum Gasteiger partial charge on any atom is -0.307 e. The highest BCUT2D eigenvalue weighted by molar-refractivity contribution is 5.90. The molecule has 0 atom stereocenters. The van der Waals surface area contributed by atoms with E-state index in [2.05, 4.69) is 16.2 Å². The van der Waals surface area contributed by atoms with Crippen LogP contribution in [0.5, 0.6) is 0 Å². The van der Waals surface area contributed by atoms with Gasteiger partial charge in [0.05, 0.1) is 11.6 Å². The van der Waals surface area contributed by atoms with Crippen LogP contribution in [0.1, 0.15) is 12.5 Å². The van der Waals surface area contributed by atoms with Crippen molar-refractivity contribution in [2.24, 2.45) is 0 Å². The summed E-state index contributed by atoms with van der Waals surface area (Å²) in [7, 11) is 0. The third-order valence-electron chi connectivity index (χ3n) is 1.62. The lowest BCUT2D eigenvalue weighted by Crippen LogP contribution is -2.42. The first-order chi connectivity index (χ1) is 7.61. The molecule has 0 radical (unpaired) electrons. The molecule has 0 spiro atoms. The molecule has 0 fully saturated rings. The zero-order chi connectivity index (χ0) is 12.0. The SMILES string of the molecule is CC(=O)NNC(=O)Nc1ccc(C#N)cc1. The van der Waals surface area contributed by atoms with Gasteiger partial charge in [-0.25, -0.2) is 10.2 Å². The number of urea groups is 1. The first kappa shape index (κ1) is 11.5. The highest BCUT2D eigenvalue weighted by Crippen LogP contribution is 2.07. The maximum atomic E-state index is 11.2. The van der Waals surface area contributed by atoms with Crippen molar-refractivity contribution in [3.63, 3.8) is 0 Å². The highest BCUT2D eigenvalue weighted by Gasteiger charge is 2.01. The van der Waals surface area contributed by atoms with Crippen LogP contribution in [-0.2, 0) is 4.79 Å². The second kappa shape index (κ2) is 5.36. The van der Waals surface area contributed by atoms with E-state index in [4.69, 9.17) is 5.26 Å². The van der Waals surface area contributed by atoms with Gasteiger partial charge in [-0.15, -0.1) is 0 Å². The lowest BCUT2D eigenvalue weighted by molar-refractivity contribution is -0.119. The van der Waals surface area contributed by atoms with Crippen LogP contribution in [0.4, 0.5) is 10.5 Å². The van der Waals surface area contributed by atoms with E-state index in [9.17, 15) is 9.59 Å². The minimum atomic E-state index is -0.556. The molecule has 0 aliphatic heterocycles. The normalized spacial score (nSPS) is 8.75. The van der Waals surface area contributed by atoms with Crippen molar-refractivity contribution < 1.29 is 9.59 Å². The number of nitrogens with one attached hydrogen (secondary N) is 3. The Balaban J connectivity index is 2.50. The van der Waals surface area contributed by atoms with Crippen molar-refractivity contribution in [2.75, 3.05) is 5.32 Å². The third-order valence-corrected chi connectivity index (χ3v) is 1.62. The van der Waals surface area contributed by atoms with E-state index >= 15 is 0 Å². The highest BCUT2D eigenvalue weighted by atomic mass is 16.2. The number of nitrogens with zero attached hydrogens (tertiary/aromatic N) is 1. The number of benzene rings is 1. The summed E-state index contributed by atoms with van der Waals surface area (Å²) in [6, 6.07) is 7.74. The Morgan fingerprint density at radius 2 is 1.81 bits per heavy atom. The quantitative estimate of drug-likeness (QED) is 0.606.